The molecule has 0 aliphatic heterocycles. The van der Waals surface area contributed by atoms with Crippen molar-refractivity contribution < 1.29 is 9.13 Å². The summed E-state index contributed by atoms with van der Waals surface area (Å²) in [4.78, 5) is 4.12. The minimum Gasteiger partial charge on any atom is -0.496 e. The Morgan fingerprint density at radius 2 is 1.96 bits per heavy atom. The van der Waals surface area contributed by atoms with Gasteiger partial charge in [-0.05, 0) is 36.2 Å². The lowest BCUT2D eigenvalue weighted by Crippen LogP contribution is -2.38. The number of guanidine groups is 1. The van der Waals surface area contributed by atoms with E-state index in [1.165, 1.54) is 18.2 Å². The molecule has 0 unspecified atom stereocenters. The highest BCUT2D eigenvalue weighted by molar-refractivity contribution is 14.0. The molecule has 2 rings (SSSR count). The minimum atomic E-state index is -0.351. The van der Waals surface area contributed by atoms with E-state index in [4.69, 9.17) is 10.00 Å². The molecule has 2 aromatic rings. The van der Waals surface area contributed by atoms with Gasteiger partial charge in [0.1, 0.15) is 11.6 Å². The molecular weight excluding hydrogens is 446 g/mol. The number of nitrogens with one attached hydrogen (secondary N) is 2. The highest BCUT2D eigenvalue weighted by atomic mass is 127. The maximum atomic E-state index is 13.8. The van der Waals surface area contributed by atoms with Crippen LogP contribution in [0.1, 0.15) is 16.7 Å². The first-order valence-electron chi connectivity index (χ1n) is 7.93. The molecule has 0 heterocycles. The number of hydrogen-bond donors (Lipinski definition) is 2. The quantitative estimate of drug-likeness (QED) is 0.388. The topological polar surface area (TPSA) is 69.4 Å². The summed E-state index contributed by atoms with van der Waals surface area (Å²) in [5.74, 6) is 1.07. The van der Waals surface area contributed by atoms with Gasteiger partial charge in [-0.3, -0.25) is 4.99 Å². The Balaban J connectivity index is 0.00000338. The van der Waals surface area contributed by atoms with Crippen molar-refractivity contribution in [2.24, 2.45) is 4.99 Å². The zero-order valence-electron chi connectivity index (χ0n) is 14.8. The predicted molar refractivity (Wildman–Crippen MR) is 111 cm³/mol. The van der Waals surface area contributed by atoms with Gasteiger partial charge in [-0.15, -0.1) is 24.0 Å². The molecule has 5 nitrogen and oxygen atoms in total. The molecule has 0 amide bonds. The first kappa shape index (κ1) is 21.7. The van der Waals surface area contributed by atoms with Crippen LogP contribution >= 0.6 is 24.0 Å². The van der Waals surface area contributed by atoms with E-state index in [-0.39, 0.29) is 36.3 Å². The number of ether oxygens (including phenoxy) is 1. The molecule has 0 saturated heterocycles. The lowest BCUT2D eigenvalue weighted by molar-refractivity contribution is 0.409. The Labute approximate surface area is 170 Å². The van der Waals surface area contributed by atoms with Gasteiger partial charge >= 0.3 is 0 Å². The smallest absolute Gasteiger partial charge is 0.191 e. The third-order valence-electron chi connectivity index (χ3n) is 3.72. The van der Waals surface area contributed by atoms with E-state index >= 15 is 0 Å². The maximum Gasteiger partial charge on any atom is 0.191 e. The Kier molecular flexibility index (Phi) is 9.44. The van der Waals surface area contributed by atoms with Crippen LogP contribution in [-0.2, 0) is 13.0 Å². The number of nitrogens with zero attached hydrogens (tertiary/aromatic N) is 2. The molecule has 7 heteroatoms. The Bertz CT molecular complexity index is 789. The summed E-state index contributed by atoms with van der Waals surface area (Å²) in [5, 5.41) is 15.1. The van der Waals surface area contributed by atoms with E-state index in [9.17, 15) is 4.39 Å². The number of rotatable bonds is 6. The number of aliphatic imine (C=N–C) groups is 1. The monoisotopic (exact) mass is 468 g/mol. The number of halogens is 2. The normalized spacial score (nSPS) is 10.5. The van der Waals surface area contributed by atoms with E-state index in [0.717, 1.165) is 17.7 Å². The zero-order valence-corrected chi connectivity index (χ0v) is 17.1. The molecule has 26 heavy (non-hydrogen) atoms. The van der Waals surface area contributed by atoms with Crippen LogP contribution < -0.4 is 15.4 Å². The number of methoxy groups -OCH3 is 1. The average molecular weight is 468 g/mol. The van der Waals surface area contributed by atoms with Crippen LogP contribution in [0.5, 0.6) is 5.75 Å². The van der Waals surface area contributed by atoms with Crippen LogP contribution in [0.15, 0.2) is 47.5 Å². The summed E-state index contributed by atoms with van der Waals surface area (Å²) < 4.78 is 19.1. The van der Waals surface area contributed by atoms with E-state index in [0.29, 0.717) is 23.6 Å². The van der Waals surface area contributed by atoms with Crippen LogP contribution in [-0.4, -0.2) is 26.7 Å². The zero-order chi connectivity index (χ0) is 18.1. The lowest BCUT2D eigenvalue weighted by atomic mass is 10.1. The summed E-state index contributed by atoms with van der Waals surface area (Å²) in [5.41, 5.74) is 1.95. The van der Waals surface area contributed by atoms with Crippen LogP contribution in [0.3, 0.4) is 0 Å². The van der Waals surface area contributed by atoms with Crippen molar-refractivity contribution in [3.05, 3.63) is 65.0 Å². The van der Waals surface area contributed by atoms with Crippen LogP contribution in [0, 0.1) is 17.1 Å². The van der Waals surface area contributed by atoms with E-state index < -0.39 is 0 Å². The number of nitriles is 1. The standard InChI is InChI=1S/C19H21FN4O.HI/c1-22-19(23-10-9-15-5-3-4-6-18(15)25-2)24-13-16-11-14(12-21)7-8-17(16)20;/h3-8,11H,9-10,13H2,1-2H3,(H2,22,23,24);1H. The molecule has 0 spiro atoms. The largest absolute Gasteiger partial charge is 0.496 e. The SMILES string of the molecule is CN=C(NCCc1ccccc1OC)NCc1cc(C#N)ccc1F.I. The fourth-order valence-corrected chi connectivity index (χ4v) is 2.40. The highest BCUT2D eigenvalue weighted by Gasteiger charge is 2.06. The van der Waals surface area contributed by atoms with Crippen LogP contribution in [0.4, 0.5) is 4.39 Å². The Hall–Kier alpha value is -2.34. The maximum absolute atomic E-state index is 13.8. The van der Waals surface area contributed by atoms with Gasteiger partial charge in [0.2, 0.25) is 0 Å². The molecule has 138 valence electrons. The van der Waals surface area contributed by atoms with Crippen molar-refractivity contribution in [3.8, 4) is 11.8 Å². The molecule has 0 aromatic heterocycles. The number of para-hydroxylation sites is 1. The van der Waals surface area contributed by atoms with Gasteiger partial charge in [0.05, 0.1) is 18.7 Å². The minimum absolute atomic E-state index is 0. The average Bonchev–Trinajstić information content (AvgIpc) is 2.66. The third-order valence-corrected chi connectivity index (χ3v) is 3.72. The van der Waals surface area contributed by atoms with Gasteiger partial charge in [0.25, 0.3) is 0 Å². The molecule has 2 N–H and O–H groups in total. The van der Waals surface area contributed by atoms with Gasteiger partial charge in [-0.1, -0.05) is 18.2 Å². The van der Waals surface area contributed by atoms with Crippen molar-refractivity contribution in [1.29, 1.82) is 5.26 Å². The molecule has 0 radical (unpaired) electrons. The van der Waals surface area contributed by atoms with Crippen LogP contribution in [0.2, 0.25) is 0 Å². The Morgan fingerprint density at radius 3 is 2.65 bits per heavy atom. The second-order valence-electron chi connectivity index (χ2n) is 5.33. The summed E-state index contributed by atoms with van der Waals surface area (Å²) in [6, 6.07) is 14.1. The second kappa shape index (κ2) is 11.3. The summed E-state index contributed by atoms with van der Waals surface area (Å²) in [6.45, 7) is 0.899. The van der Waals surface area contributed by atoms with Crippen LogP contribution in [0.25, 0.3) is 0 Å². The summed E-state index contributed by atoms with van der Waals surface area (Å²) in [7, 11) is 3.30. The van der Waals surface area contributed by atoms with Gasteiger partial charge < -0.3 is 15.4 Å². The lowest BCUT2D eigenvalue weighted by Gasteiger charge is -2.13. The van der Waals surface area contributed by atoms with E-state index in [1.807, 2.05) is 30.3 Å². The van der Waals surface area contributed by atoms with Crippen molar-refractivity contribution in [2.45, 2.75) is 13.0 Å². The van der Waals surface area contributed by atoms with Crippen molar-refractivity contribution in [3.63, 3.8) is 0 Å². The Morgan fingerprint density at radius 1 is 1.19 bits per heavy atom. The second-order valence-corrected chi connectivity index (χ2v) is 5.33. The molecule has 0 aliphatic rings. The molecular formula is C19H22FIN4O. The fourth-order valence-electron chi connectivity index (χ4n) is 2.40. The van der Waals surface area contributed by atoms with E-state index in [2.05, 4.69) is 15.6 Å². The molecule has 0 saturated carbocycles. The van der Waals surface area contributed by atoms with Gasteiger partial charge in [0.15, 0.2) is 5.96 Å². The van der Waals surface area contributed by atoms with Crippen molar-refractivity contribution in [1.82, 2.24) is 10.6 Å². The first-order valence-corrected chi connectivity index (χ1v) is 7.93. The first-order chi connectivity index (χ1) is 12.2. The van der Waals surface area contributed by atoms with Crippen molar-refractivity contribution >= 4 is 29.9 Å². The van der Waals surface area contributed by atoms with Gasteiger partial charge in [-0.25, -0.2) is 4.39 Å². The number of hydrogen-bond acceptors (Lipinski definition) is 3. The van der Waals surface area contributed by atoms with E-state index in [1.54, 1.807) is 14.2 Å². The van der Waals surface area contributed by atoms with Gasteiger partial charge in [0, 0.05) is 25.7 Å². The summed E-state index contributed by atoms with van der Waals surface area (Å²) >= 11 is 0. The highest BCUT2D eigenvalue weighted by Crippen LogP contribution is 2.17. The third kappa shape index (κ3) is 6.19. The molecule has 2 aromatic carbocycles. The summed E-state index contributed by atoms with van der Waals surface area (Å²) in [6.07, 6.45) is 0.767. The molecule has 0 fully saturated rings. The fraction of sp³-hybridized carbons (Fsp3) is 0.263. The molecule has 0 atom stereocenters. The predicted octanol–water partition coefficient (Wildman–Crippen LogP) is 3.23. The molecule has 0 bridgehead atoms. The number of benzene rings is 2. The molecule has 0 aliphatic carbocycles. The van der Waals surface area contributed by atoms with Crippen molar-refractivity contribution in [2.75, 3.05) is 20.7 Å². The van der Waals surface area contributed by atoms with Gasteiger partial charge in [-0.2, -0.15) is 5.26 Å².